The summed E-state index contributed by atoms with van der Waals surface area (Å²) in [5.41, 5.74) is 8.98. The van der Waals surface area contributed by atoms with Gasteiger partial charge in [0.2, 0.25) is 0 Å². The maximum atomic E-state index is 6.15. The van der Waals surface area contributed by atoms with Crippen LogP contribution in [0.2, 0.25) is 0 Å². The molecule has 2 aliphatic rings. The van der Waals surface area contributed by atoms with Crippen molar-refractivity contribution in [2.45, 2.75) is 37.1 Å². The highest BCUT2D eigenvalue weighted by Crippen LogP contribution is 2.37. The van der Waals surface area contributed by atoms with Crippen LogP contribution in [0.25, 0.3) is 0 Å². The van der Waals surface area contributed by atoms with E-state index in [4.69, 9.17) is 10.5 Å². The van der Waals surface area contributed by atoms with Crippen molar-refractivity contribution in [3.05, 3.63) is 33.8 Å². The maximum Gasteiger partial charge on any atom is 0.0535 e. The summed E-state index contributed by atoms with van der Waals surface area (Å²) in [5.74, 6) is 0.561. The molecule has 92 valence electrons. The number of hydrogen-bond acceptors (Lipinski definition) is 2. The Morgan fingerprint density at radius 1 is 1.41 bits per heavy atom. The maximum absolute atomic E-state index is 6.15. The van der Waals surface area contributed by atoms with E-state index >= 15 is 0 Å². The van der Waals surface area contributed by atoms with Crippen LogP contribution in [0, 0.1) is 0 Å². The average Bonchev–Trinajstić information content (AvgIpc) is 2.81. The van der Waals surface area contributed by atoms with Gasteiger partial charge in [0.15, 0.2) is 0 Å². The summed E-state index contributed by atoms with van der Waals surface area (Å²) < 4.78 is 6.66. The van der Waals surface area contributed by atoms with Crippen LogP contribution in [0.3, 0.4) is 0 Å². The second-order valence-electron chi connectivity index (χ2n) is 5.46. The summed E-state index contributed by atoms with van der Waals surface area (Å²) in [7, 11) is 0. The largest absolute Gasteiger partial charge is 0.381 e. The lowest BCUT2D eigenvalue weighted by Gasteiger charge is -2.14. The minimum atomic E-state index is 0.0947. The summed E-state index contributed by atoms with van der Waals surface area (Å²) >= 11 is 3.69. The van der Waals surface area contributed by atoms with Gasteiger partial charge in [-0.25, -0.2) is 0 Å². The van der Waals surface area contributed by atoms with Crippen molar-refractivity contribution in [3.63, 3.8) is 0 Å². The van der Waals surface area contributed by atoms with E-state index in [2.05, 4.69) is 34.1 Å². The highest BCUT2D eigenvalue weighted by Gasteiger charge is 2.38. The fourth-order valence-corrected chi connectivity index (χ4v) is 3.29. The molecule has 1 aliphatic heterocycles. The Balaban J connectivity index is 1.78. The number of nitrogens with two attached hydrogens (primary N) is 1. The summed E-state index contributed by atoms with van der Waals surface area (Å²) in [6, 6.07) is 6.70. The van der Waals surface area contributed by atoms with E-state index in [1.165, 1.54) is 28.4 Å². The number of ether oxygens (including phenoxy) is 1. The molecule has 2 N–H and O–H groups in total. The average molecular weight is 296 g/mol. The SMILES string of the molecule is NC1(Cc2ccc(C3CCOC3)c(Br)c2)CC1. The van der Waals surface area contributed by atoms with Crippen molar-refractivity contribution in [1.29, 1.82) is 0 Å². The van der Waals surface area contributed by atoms with Gasteiger partial charge in [0.25, 0.3) is 0 Å². The van der Waals surface area contributed by atoms with E-state index in [1.807, 2.05) is 0 Å². The minimum Gasteiger partial charge on any atom is -0.381 e. The molecule has 1 unspecified atom stereocenters. The summed E-state index contributed by atoms with van der Waals surface area (Å²) in [4.78, 5) is 0. The topological polar surface area (TPSA) is 35.2 Å². The van der Waals surface area contributed by atoms with Crippen LogP contribution in [-0.2, 0) is 11.2 Å². The van der Waals surface area contributed by atoms with Gasteiger partial charge in [0.1, 0.15) is 0 Å². The second-order valence-corrected chi connectivity index (χ2v) is 6.31. The van der Waals surface area contributed by atoms with Crippen LogP contribution in [0.15, 0.2) is 22.7 Å². The quantitative estimate of drug-likeness (QED) is 0.930. The first-order valence-corrected chi connectivity index (χ1v) is 7.11. The van der Waals surface area contributed by atoms with E-state index < -0.39 is 0 Å². The van der Waals surface area contributed by atoms with Gasteiger partial charge in [-0.1, -0.05) is 28.1 Å². The third-order valence-corrected chi connectivity index (χ3v) is 4.57. The Morgan fingerprint density at radius 2 is 2.24 bits per heavy atom. The van der Waals surface area contributed by atoms with Crippen LogP contribution in [0.4, 0.5) is 0 Å². The van der Waals surface area contributed by atoms with E-state index in [0.29, 0.717) is 5.92 Å². The Morgan fingerprint density at radius 3 is 2.82 bits per heavy atom. The van der Waals surface area contributed by atoms with Gasteiger partial charge in [-0.2, -0.15) is 0 Å². The molecule has 2 nitrogen and oxygen atoms in total. The first-order valence-electron chi connectivity index (χ1n) is 6.31. The van der Waals surface area contributed by atoms with Gasteiger partial charge in [0.05, 0.1) is 6.61 Å². The third-order valence-electron chi connectivity index (χ3n) is 3.88. The second kappa shape index (κ2) is 4.38. The van der Waals surface area contributed by atoms with Gasteiger partial charge >= 0.3 is 0 Å². The zero-order valence-corrected chi connectivity index (χ0v) is 11.5. The van der Waals surface area contributed by atoms with Crippen molar-refractivity contribution in [3.8, 4) is 0 Å². The standard InChI is InChI=1S/C14H18BrNO/c15-13-7-10(8-14(16)4-5-14)1-2-12(13)11-3-6-17-9-11/h1-2,7,11H,3-6,8-9,16H2. The molecule has 0 bridgehead atoms. The molecule has 0 amide bonds. The molecule has 1 aromatic carbocycles. The summed E-state index contributed by atoms with van der Waals surface area (Å²) in [5, 5.41) is 0. The lowest BCUT2D eigenvalue weighted by atomic mass is 9.95. The molecule has 2 fully saturated rings. The van der Waals surface area contributed by atoms with Crippen molar-refractivity contribution >= 4 is 15.9 Å². The monoisotopic (exact) mass is 295 g/mol. The summed E-state index contributed by atoms with van der Waals surface area (Å²) in [6.07, 6.45) is 4.48. The molecular formula is C14H18BrNO. The van der Waals surface area contributed by atoms with Crippen molar-refractivity contribution in [2.75, 3.05) is 13.2 Å². The molecule has 17 heavy (non-hydrogen) atoms. The normalized spacial score (nSPS) is 26.1. The van der Waals surface area contributed by atoms with E-state index in [0.717, 1.165) is 26.1 Å². The molecular weight excluding hydrogens is 278 g/mol. The van der Waals surface area contributed by atoms with E-state index in [9.17, 15) is 0 Å². The highest BCUT2D eigenvalue weighted by atomic mass is 79.9. The predicted molar refractivity (Wildman–Crippen MR) is 72.2 cm³/mol. The molecule has 3 rings (SSSR count). The Hall–Kier alpha value is -0.380. The third kappa shape index (κ3) is 2.56. The molecule has 1 aromatic rings. The molecule has 1 saturated carbocycles. The molecule has 0 radical (unpaired) electrons. The first-order chi connectivity index (χ1) is 8.16. The highest BCUT2D eigenvalue weighted by molar-refractivity contribution is 9.10. The van der Waals surface area contributed by atoms with Crippen molar-refractivity contribution in [1.82, 2.24) is 0 Å². The summed E-state index contributed by atoms with van der Waals surface area (Å²) in [6.45, 7) is 1.75. The van der Waals surface area contributed by atoms with Crippen molar-refractivity contribution in [2.24, 2.45) is 5.73 Å². The molecule has 1 aliphatic carbocycles. The van der Waals surface area contributed by atoms with Gasteiger partial charge in [-0.3, -0.25) is 0 Å². The van der Waals surface area contributed by atoms with Gasteiger partial charge in [-0.15, -0.1) is 0 Å². The molecule has 3 heteroatoms. The lowest BCUT2D eigenvalue weighted by molar-refractivity contribution is 0.194. The van der Waals surface area contributed by atoms with Crippen LogP contribution >= 0.6 is 15.9 Å². The van der Waals surface area contributed by atoms with Crippen LogP contribution in [0.5, 0.6) is 0 Å². The van der Waals surface area contributed by atoms with Gasteiger partial charge in [-0.05, 0) is 42.9 Å². The fourth-order valence-electron chi connectivity index (χ4n) is 2.54. The fraction of sp³-hybridized carbons (Fsp3) is 0.571. The van der Waals surface area contributed by atoms with Gasteiger partial charge in [0, 0.05) is 22.5 Å². The number of rotatable bonds is 3. The molecule has 1 heterocycles. The smallest absolute Gasteiger partial charge is 0.0535 e. The van der Waals surface area contributed by atoms with Crippen LogP contribution in [0.1, 0.15) is 36.3 Å². The van der Waals surface area contributed by atoms with Gasteiger partial charge < -0.3 is 10.5 Å². The minimum absolute atomic E-state index is 0.0947. The Kier molecular flexibility index (Phi) is 3.01. The van der Waals surface area contributed by atoms with Crippen LogP contribution < -0.4 is 5.73 Å². The molecule has 1 atom stereocenters. The van der Waals surface area contributed by atoms with E-state index in [1.54, 1.807) is 0 Å². The number of hydrogen-bond donors (Lipinski definition) is 1. The van der Waals surface area contributed by atoms with E-state index in [-0.39, 0.29) is 5.54 Å². The predicted octanol–water partition coefficient (Wildman–Crippen LogP) is 2.99. The zero-order valence-electron chi connectivity index (χ0n) is 9.92. The Bertz CT molecular complexity index is 422. The Labute approximate surface area is 111 Å². The molecule has 0 aromatic heterocycles. The number of halogens is 1. The lowest BCUT2D eigenvalue weighted by Crippen LogP contribution is -2.24. The van der Waals surface area contributed by atoms with Crippen molar-refractivity contribution < 1.29 is 4.74 Å². The molecule has 1 saturated heterocycles. The first kappa shape index (κ1) is 11.7. The molecule has 0 spiro atoms. The number of benzene rings is 1. The zero-order chi connectivity index (χ0) is 11.9. The van der Waals surface area contributed by atoms with Crippen LogP contribution in [-0.4, -0.2) is 18.8 Å².